The van der Waals surface area contributed by atoms with Crippen molar-refractivity contribution in [1.82, 2.24) is 20.2 Å². The van der Waals surface area contributed by atoms with E-state index in [4.69, 9.17) is 0 Å². The normalized spacial score (nSPS) is 11.3. The van der Waals surface area contributed by atoms with Gasteiger partial charge in [0.2, 0.25) is 0 Å². The highest BCUT2D eigenvalue weighted by molar-refractivity contribution is 5.73. The Morgan fingerprint density at radius 1 is 1.36 bits per heavy atom. The smallest absolute Gasteiger partial charge is 0.317 e. The molecule has 0 atom stereocenters. The highest BCUT2D eigenvalue weighted by atomic mass is 16.2. The number of aromatic nitrogens is 2. The van der Waals surface area contributed by atoms with Gasteiger partial charge in [0.05, 0.1) is 6.54 Å². The van der Waals surface area contributed by atoms with Crippen LogP contribution in [-0.4, -0.2) is 27.9 Å². The summed E-state index contributed by atoms with van der Waals surface area (Å²) in [6, 6.07) is 5.80. The summed E-state index contributed by atoms with van der Waals surface area (Å²) in [5, 5.41) is 2.96. The van der Waals surface area contributed by atoms with Crippen LogP contribution in [0.3, 0.4) is 0 Å². The molecule has 0 saturated carbocycles. The second-order valence-corrected chi connectivity index (χ2v) is 6.49. The average Bonchev–Trinajstić information content (AvgIpc) is 2.97. The first-order valence-corrected chi connectivity index (χ1v) is 7.42. The van der Waals surface area contributed by atoms with E-state index in [1.165, 1.54) is 5.56 Å². The molecular weight excluding hydrogens is 276 g/mol. The molecule has 2 aromatic heterocycles. The fourth-order valence-electron chi connectivity index (χ4n) is 2.40. The minimum Gasteiger partial charge on any atom is -0.364 e. The lowest BCUT2D eigenvalue weighted by Crippen LogP contribution is -2.37. The first kappa shape index (κ1) is 16.1. The molecular formula is C17H24N4O. The summed E-state index contributed by atoms with van der Waals surface area (Å²) in [7, 11) is 1.78. The molecule has 118 valence electrons. The largest absolute Gasteiger partial charge is 0.364 e. The van der Waals surface area contributed by atoms with Crippen molar-refractivity contribution in [2.24, 2.45) is 0 Å². The van der Waals surface area contributed by atoms with Crippen LogP contribution >= 0.6 is 0 Å². The van der Waals surface area contributed by atoms with Crippen molar-refractivity contribution in [2.45, 2.75) is 39.3 Å². The molecule has 0 radical (unpaired) electrons. The molecule has 0 aromatic carbocycles. The number of H-pyrrole nitrogens is 1. The van der Waals surface area contributed by atoms with E-state index in [1.807, 2.05) is 30.6 Å². The predicted octanol–water partition coefficient (Wildman–Crippen LogP) is 3.05. The maximum atomic E-state index is 12.2. The van der Waals surface area contributed by atoms with Crippen molar-refractivity contribution in [3.63, 3.8) is 0 Å². The number of urea groups is 1. The van der Waals surface area contributed by atoms with Gasteiger partial charge in [0, 0.05) is 37.9 Å². The molecule has 2 aromatic rings. The number of nitrogens with one attached hydrogen (secondary N) is 2. The van der Waals surface area contributed by atoms with Gasteiger partial charge in [-0.15, -0.1) is 0 Å². The molecule has 2 heterocycles. The SMILES string of the molecule is CN(Cc1ccc[nH]1)C(=O)NCc1cnccc1C(C)(C)C. The lowest BCUT2D eigenvalue weighted by molar-refractivity contribution is 0.206. The van der Waals surface area contributed by atoms with Crippen LogP contribution in [0.25, 0.3) is 0 Å². The zero-order valence-corrected chi connectivity index (χ0v) is 13.7. The molecule has 0 saturated heterocycles. The van der Waals surface area contributed by atoms with Gasteiger partial charge < -0.3 is 15.2 Å². The van der Waals surface area contributed by atoms with E-state index < -0.39 is 0 Å². The Hall–Kier alpha value is -2.30. The fourth-order valence-corrected chi connectivity index (χ4v) is 2.40. The zero-order valence-electron chi connectivity index (χ0n) is 13.7. The third-order valence-electron chi connectivity index (χ3n) is 3.56. The Labute approximate surface area is 131 Å². The third kappa shape index (κ3) is 4.10. The number of rotatable bonds is 4. The van der Waals surface area contributed by atoms with Crippen LogP contribution in [0.5, 0.6) is 0 Å². The van der Waals surface area contributed by atoms with Gasteiger partial charge in [0.15, 0.2) is 0 Å². The predicted molar refractivity (Wildman–Crippen MR) is 87.4 cm³/mol. The first-order valence-electron chi connectivity index (χ1n) is 7.42. The Kier molecular flexibility index (Phi) is 4.85. The quantitative estimate of drug-likeness (QED) is 0.911. The molecule has 0 aliphatic carbocycles. The minimum atomic E-state index is -0.0988. The number of pyridine rings is 1. The van der Waals surface area contributed by atoms with Crippen molar-refractivity contribution < 1.29 is 4.79 Å². The zero-order chi connectivity index (χ0) is 16.2. The molecule has 0 spiro atoms. The summed E-state index contributed by atoms with van der Waals surface area (Å²) < 4.78 is 0. The molecule has 5 heteroatoms. The van der Waals surface area contributed by atoms with E-state index in [0.29, 0.717) is 13.1 Å². The van der Waals surface area contributed by atoms with E-state index in [1.54, 1.807) is 18.1 Å². The summed E-state index contributed by atoms with van der Waals surface area (Å²) >= 11 is 0. The van der Waals surface area contributed by atoms with Gasteiger partial charge in [0.25, 0.3) is 0 Å². The van der Waals surface area contributed by atoms with Gasteiger partial charge in [-0.05, 0) is 34.7 Å². The van der Waals surface area contributed by atoms with E-state index >= 15 is 0 Å². The highest BCUT2D eigenvalue weighted by Gasteiger charge is 2.18. The van der Waals surface area contributed by atoms with Crippen LogP contribution in [0.4, 0.5) is 4.79 Å². The summed E-state index contributed by atoms with van der Waals surface area (Å²) in [6.07, 6.45) is 5.47. The van der Waals surface area contributed by atoms with Gasteiger partial charge in [-0.2, -0.15) is 0 Å². The van der Waals surface area contributed by atoms with Gasteiger partial charge in [-0.1, -0.05) is 20.8 Å². The minimum absolute atomic E-state index is 0.0269. The molecule has 5 nitrogen and oxygen atoms in total. The standard InChI is InChI=1S/C17H24N4O/c1-17(2,3)15-7-9-18-10-13(15)11-20-16(22)21(4)12-14-6-5-8-19-14/h5-10,19H,11-12H2,1-4H3,(H,20,22). The second kappa shape index (κ2) is 6.64. The second-order valence-electron chi connectivity index (χ2n) is 6.49. The summed E-state index contributed by atoms with van der Waals surface area (Å²) in [4.78, 5) is 21.1. The van der Waals surface area contributed by atoms with Gasteiger partial charge in [-0.3, -0.25) is 4.98 Å². The maximum Gasteiger partial charge on any atom is 0.317 e. The molecule has 2 amide bonds. The Balaban J connectivity index is 1.97. The maximum absolute atomic E-state index is 12.2. The van der Waals surface area contributed by atoms with Crippen LogP contribution in [0.2, 0.25) is 0 Å². The number of nitrogens with zero attached hydrogens (tertiary/aromatic N) is 2. The number of carbonyl (C=O) groups is 1. The van der Waals surface area contributed by atoms with Gasteiger partial charge in [-0.25, -0.2) is 4.79 Å². The third-order valence-corrected chi connectivity index (χ3v) is 3.56. The van der Waals surface area contributed by atoms with Crippen molar-refractivity contribution >= 4 is 6.03 Å². The number of carbonyl (C=O) groups excluding carboxylic acids is 1. The summed E-state index contributed by atoms with van der Waals surface area (Å²) in [6.45, 7) is 7.51. The van der Waals surface area contributed by atoms with Crippen LogP contribution in [0.15, 0.2) is 36.8 Å². The molecule has 0 fully saturated rings. The average molecular weight is 300 g/mol. The van der Waals surface area contributed by atoms with E-state index in [-0.39, 0.29) is 11.4 Å². The number of hydrogen-bond acceptors (Lipinski definition) is 2. The highest BCUT2D eigenvalue weighted by Crippen LogP contribution is 2.24. The monoisotopic (exact) mass is 300 g/mol. The Morgan fingerprint density at radius 3 is 2.77 bits per heavy atom. The van der Waals surface area contributed by atoms with E-state index in [9.17, 15) is 4.79 Å². The van der Waals surface area contributed by atoms with E-state index in [2.05, 4.69) is 36.1 Å². The Bertz CT molecular complexity index is 614. The lowest BCUT2D eigenvalue weighted by atomic mass is 9.85. The van der Waals surface area contributed by atoms with Crippen molar-refractivity contribution in [3.8, 4) is 0 Å². The molecule has 2 rings (SSSR count). The molecule has 2 N–H and O–H groups in total. The van der Waals surface area contributed by atoms with Crippen LogP contribution < -0.4 is 5.32 Å². The van der Waals surface area contributed by atoms with Crippen LogP contribution in [0.1, 0.15) is 37.6 Å². The van der Waals surface area contributed by atoms with Crippen molar-refractivity contribution in [2.75, 3.05) is 7.05 Å². The van der Waals surface area contributed by atoms with Crippen molar-refractivity contribution in [3.05, 3.63) is 53.6 Å². The fraction of sp³-hybridized carbons (Fsp3) is 0.412. The topological polar surface area (TPSA) is 61.0 Å². The summed E-state index contributed by atoms with van der Waals surface area (Å²) in [5.74, 6) is 0. The summed E-state index contributed by atoms with van der Waals surface area (Å²) in [5.41, 5.74) is 3.29. The van der Waals surface area contributed by atoms with E-state index in [0.717, 1.165) is 11.3 Å². The number of hydrogen-bond donors (Lipinski definition) is 2. The number of aromatic amines is 1. The van der Waals surface area contributed by atoms with Gasteiger partial charge in [0.1, 0.15) is 0 Å². The van der Waals surface area contributed by atoms with Gasteiger partial charge >= 0.3 is 6.03 Å². The Morgan fingerprint density at radius 2 is 2.14 bits per heavy atom. The molecule has 0 unspecified atom stereocenters. The van der Waals surface area contributed by atoms with Crippen LogP contribution in [-0.2, 0) is 18.5 Å². The van der Waals surface area contributed by atoms with Crippen LogP contribution in [0, 0.1) is 0 Å². The first-order chi connectivity index (χ1) is 10.4. The molecule has 0 bridgehead atoms. The molecule has 0 aliphatic rings. The molecule has 0 aliphatic heterocycles. The number of amides is 2. The lowest BCUT2D eigenvalue weighted by Gasteiger charge is -2.23. The van der Waals surface area contributed by atoms with Crippen molar-refractivity contribution in [1.29, 1.82) is 0 Å². The molecule has 22 heavy (non-hydrogen) atoms.